The van der Waals surface area contributed by atoms with E-state index in [4.69, 9.17) is 14.2 Å². The molecule has 2 aliphatic rings. The summed E-state index contributed by atoms with van der Waals surface area (Å²) >= 11 is 0. The Labute approximate surface area is 139 Å². The molecule has 1 heterocycles. The smallest absolute Gasteiger partial charge is 0.308 e. The molecular weight excluding hydrogens is 298 g/mol. The van der Waals surface area contributed by atoms with Gasteiger partial charge < -0.3 is 19.3 Å². The molecule has 23 heavy (non-hydrogen) atoms. The van der Waals surface area contributed by atoms with Crippen molar-refractivity contribution in [1.82, 2.24) is 4.90 Å². The summed E-state index contributed by atoms with van der Waals surface area (Å²) in [6, 6.07) is 0.0905. The van der Waals surface area contributed by atoms with Crippen LogP contribution in [-0.2, 0) is 19.0 Å². The van der Waals surface area contributed by atoms with Gasteiger partial charge in [0.2, 0.25) is 0 Å². The van der Waals surface area contributed by atoms with E-state index < -0.39 is 6.10 Å². The number of esters is 1. The van der Waals surface area contributed by atoms with Crippen LogP contribution in [0, 0.1) is 5.92 Å². The van der Waals surface area contributed by atoms with E-state index in [2.05, 4.69) is 4.90 Å². The first-order valence-corrected chi connectivity index (χ1v) is 8.84. The van der Waals surface area contributed by atoms with Gasteiger partial charge in [-0.05, 0) is 46.6 Å². The number of likely N-dealkylation sites (tertiary alicyclic amines) is 1. The lowest BCUT2D eigenvalue weighted by Gasteiger charge is -2.30. The van der Waals surface area contributed by atoms with Gasteiger partial charge in [0.15, 0.2) is 0 Å². The van der Waals surface area contributed by atoms with E-state index in [-0.39, 0.29) is 30.1 Å². The summed E-state index contributed by atoms with van der Waals surface area (Å²) in [5, 5.41) is 10.1. The van der Waals surface area contributed by atoms with Crippen LogP contribution in [0.3, 0.4) is 0 Å². The van der Waals surface area contributed by atoms with Crippen molar-refractivity contribution in [3.63, 3.8) is 0 Å². The first-order valence-electron chi connectivity index (χ1n) is 8.84. The fourth-order valence-electron chi connectivity index (χ4n) is 3.64. The minimum atomic E-state index is -0.451. The van der Waals surface area contributed by atoms with Crippen molar-refractivity contribution in [2.45, 2.75) is 63.9 Å². The minimum absolute atomic E-state index is 0.0296. The maximum Gasteiger partial charge on any atom is 0.308 e. The molecule has 0 aromatic rings. The van der Waals surface area contributed by atoms with Crippen LogP contribution in [0.2, 0.25) is 0 Å². The van der Waals surface area contributed by atoms with Gasteiger partial charge in [-0.15, -0.1) is 0 Å². The number of ether oxygens (including phenoxy) is 3. The van der Waals surface area contributed by atoms with Crippen LogP contribution in [0.25, 0.3) is 0 Å². The largest absolute Gasteiger partial charge is 0.466 e. The van der Waals surface area contributed by atoms with Crippen molar-refractivity contribution in [3.8, 4) is 0 Å². The molecule has 6 nitrogen and oxygen atoms in total. The summed E-state index contributed by atoms with van der Waals surface area (Å²) in [7, 11) is 1.99. The maximum absolute atomic E-state index is 11.8. The van der Waals surface area contributed by atoms with Crippen molar-refractivity contribution < 1.29 is 24.1 Å². The van der Waals surface area contributed by atoms with E-state index in [0.717, 1.165) is 25.7 Å². The second-order valence-electron chi connectivity index (χ2n) is 6.55. The van der Waals surface area contributed by atoms with Crippen LogP contribution in [-0.4, -0.2) is 73.7 Å². The second-order valence-corrected chi connectivity index (χ2v) is 6.55. The molecule has 6 heteroatoms. The molecule has 0 aromatic heterocycles. The first-order chi connectivity index (χ1) is 11.1. The molecule has 2 fully saturated rings. The van der Waals surface area contributed by atoms with Gasteiger partial charge in [-0.1, -0.05) is 0 Å². The zero-order valence-corrected chi connectivity index (χ0v) is 14.6. The zero-order valence-electron chi connectivity index (χ0n) is 14.6. The number of nitrogens with zero attached hydrogens (tertiary/aromatic N) is 1. The SMILES string of the molecule is CCOC(=O)[C@H]1CC[C@H](OC[C@@H]2[C@@H](OCC)[C@@H](O)CN2C)CC1. The van der Waals surface area contributed by atoms with Crippen LogP contribution < -0.4 is 0 Å². The predicted molar refractivity (Wildman–Crippen MR) is 86.2 cm³/mol. The Morgan fingerprint density at radius 2 is 1.83 bits per heavy atom. The highest BCUT2D eigenvalue weighted by molar-refractivity contribution is 5.72. The molecule has 2 rings (SSSR count). The van der Waals surface area contributed by atoms with E-state index in [1.54, 1.807) is 0 Å². The number of aliphatic hydroxyl groups excluding tert-OH is 1. The van der Waals surface area contributed by atoms with E-state index in [9.17, 15) is 9.90 Å². The molecule has 1 saturated heterocycles. The normalized spacial score (nSPS) is 35.4. The molecule has 3 atom stereocenters. The Hall–Kier alpha value is -0.690. The fraction of sp³-hybridized carbons (Fsp3) is 0.941. The van der Waals surface area contributed by atoms with Gasteiger partial charge in [0, 0.05) is 13.2 Å². The molecule has 1 N–H and O–H groups in total. The Balaban J connectivity index is 1.75. The van der Waals surface area contributed by atoms with E-state index >= 15 is 0 Å². The van der Waals surface area contributed by atoms with E-state index in [0.29, 0.717) is 26.4 Å². The van der Waals surface area contributed by atoms with Crippen LogP contribution in [0.1, 0.15) is 39.5 Å². The third kappa shape index (κ3) is 4.89. The average molecular weight is 329 g/mol. The lowest BCUT2D eigenvalue weighted by molar-refractivity contribution is -0.150. The van der Waals surface area contributed by atoms with E-state index in [1.807, 2.05) is 20.9 Å². The van der Waals surface area contributed by atoms with Crippen molar-refractivity contribution in [1.29, 1.82) is 0 Å². The van der Waals surface area contributed by atoms with Crippen LogP contribution in [0.4, 0.5) is 0 Å². The molecular formula is C17H31NO5. The third-order valence-corrected chi connectivity index (χ3v) is 4.96. The van der Waals surface area contributed by atoms with Gasteiger partial charge in [0.05, 0.1) is 37.4 Å². The van der Waals surface area contributed by atoms with Gasteiger partial charge in [0.25, 0.3) is 0 Å². The monoisotopic (exact) mass is 329 g/mol. The van der Waals surface area contributed by atoms with Crippen LogP contribution in [0.15, 0.2) is 0 Å². The summed E-state index contributed by atoms with van der Waals surface area (Å²) < 4.78 is 16.8. The van der Waals surface area contributed by atoms with Crippen LogP contribution >= 0.6 is 0 Å². The van der Waals surface area contributed by atoms with Gasteiger partial charge in [0.1, 0.15) is 6.10 Å². The number of carbonyl (C=O) groups excluding carboxylic acids is 1. The molecule has 0 spiro atoms. The number of hydrogen-bond donors (Lipinski definition) is 1. The van der Waals surface area contributed by atoms with Crippen molar-refractivity contribution >= 4 is 5.97 Å². The highest BCUT2D eigenvalue weighted by Gasteiger charge is 2.40. The molecule has 1 aliphatic carbocycles. The summed E-state index contributed by atoms with van der Waals surface area (Å²) in [6.45, 7) is 6.01. The number of hydrogen-bond acceptors (Lipinski definition) is 6. The number of rotatable bonds is 7. The lowest BCUT2D eigenvalue weighted by atomic mass is 9.87. The Kier molecular flexibility index (Phi) is 7.27. The minimum Gasteiger partial charge on any atom is -0.466 e. The topological polar surface area (TPSA) is 68.2 Å². The van der Waals surface area contributed by atoms with Gasteiger partial charge in [-0.2, -0.15) is 0 Å². The molecule has 1 saturated carbocycles. The highest BCUT2D eigenvalue weighted by Crippen LogP contribution is 2.28. The van der Waals surface area contributed by atoms with Gasteiger partial charge >= 0.3 is 5.97 Å². The summed E-state index contributed by atoms with van der Waals surface area (Å²) in [5.74, 6) is -0.0389. The second kappa shape index (κ2) is 8.97. The molecule has 0 radical (unpaired) electrons. The number of β-amino-alcohol motifs (C(OH)–C–C–N with tert-alkyl or cyclic N) is 1. The molecule has 134 valence electrons. The number of aliphatic hydroxyl groups is 1. The number of carbonyl (C=O) groups is 1. The zero-order chi connectivity index (χ0) is 16.8. The summed E-state index contributed by atoms with van der Waals surface area (Å²) in [4.78, 5) is 13.9. The highest BCUT2D eigenvalue weighted by atomic mass is 16.5. The Morgan fingerprint density at radius 3 is 2.43 bits per heavy atom. The molecule has 1 aliphatic heterocycles. The van der Waals surface area contributed by atoms with E-state index in [1.165, 1.54) is 0 Å². The maximum atomic E-state index is 11.8. The standard InChI is InChI=1S/C17H31NO5/c1-4-21-16-14(18(3)10-15(16)19)11-23-13-8-6-12(7-9-13)17(20)22-5-2/h12-16,19H,4-11H2,1-3H3/t12-,13-,14-,15+,16-/m1/s1. The average Bonchev–Trinajstić information content (AvgIpc) is 2.80. The van der Waals surface area contributed by atoms with Crippen LogP contribution in [0.5, 0.6) is 0 Å². The summed E-state index contributed by atoms with van der Waals surface area (Å²) in [5.41, 5.74) is 0. The number of likely N-dealkylation sites (N-methyl/N-ethyl adjacent to an activating group) is 1. The molecule has 0 bridgehead atoms. The van der Waals surface area contributed by atoms with Crippen molar-refractivity contribution in [3.05, 3.63) is 0 Å². The third-order valence-electron chi connectivity index (χ3n) is 4.96. The lowest BCUT2D eigenvalue weighted by Crippen LogP contribution is -2.41. The van der Waals surface area contributed by atoms with Gasteiger partial charge in [-0.3, -0.25) is 9.69 Å². The molecule has 0 amide bonds. The Bertz CT molecular complexity index is 370. The van der Waals surface area contributed by atoms with Crippen molar-refractivity contribution in [2.75, 3.05) is 33.4 Å². The molecule has 0 unspecified atom stereocenters. The molecule has 0 aromatic carbocycles. The quantitative estimate of drug-likeness (QED) is 0.708. The fourth-order valence-corrected chi connectivity index (χ4v) is 3.64. The van der Waals surface area contributed by atoms with Crippen molar-refractivity contribution in [2.24, 2.45) is 5.92 Å². The summed E-state index contributed by atoms with van der Waals surface area (Å²) in [6.07, 6.45) is 3.01. The Morgan fingerprint density at radius 1 is 1.13 bits per heavy atom. The first kappa shape index (κ1) is 18.6. The predicted octanol–water partition coefficient (Wildman–Crippen LogP) is 1.20. The van der Waals surface area contributed by atoms with Gasteiger partial charge in [-0.25, -0.2) is 0 Å².